The van der Waals surface area contributed by atoms with Gasteiger partial charge in [0.25, 0.3) is 0 Å². The quantitative estimate of drug-likeness (QED) is 0.608. The maximum absolute atomic E-state index is 13.2. The maximum atomic E-state index is 13.2. The molecule has 0 spiro atoms. The van der Waals surface area contributed by atoms with Gasteiger partial charge in [0.1, 0.15) is 17.2 Å². The summed E-state index contributed by atoms with van der Waals surface area (Å²) < 4.78 is 32.1. The van der Waals surface area contributed by atoms with E-state index in [4.69, 9.17) is 4.42 Å². The molecule has 0 atom stereocenters. The van der Waals surface area contributed by atoms with Crippen molar-refractivity contribution in [1.82, 2.24) is 0 Å². The SMILES string of the molecule is Cc1c(C(=O)c2ccc(F)c(Br)c2)oc2cc(F)ccc12. The van der Waals surface area contributed by atoms with Crippen LogP contribution in [0.3, 0.4) is 0 Å². The molecule has 2 aromatic carbocycles. The van der Waals surface area contributed by atoms with Crippen LogP contribution in [0, 0.1) is 18.6 Å². The minimum absolute atomic E-state index is 0.133. The molecule has 0 unspecified atom stereocenters. The van der Waals surface area contributed by atoms with E-state index >= 15 is 0 Å². The van der Waals surface area contributed by atoms with Gasteiger partial charge in [0.05, 0.1) is 4.47 Å². The van der Waals surface area contributed by atoms with Gasteiger partial charge in [-0.3, -0.25) is 4.79 Å². The lowest BCUT2D eigenvalue weighted by atomic mass is 10.0. The smallest absolute Gasteiger partial charge is 0.228 e. The second-order valence-electron chi connectivity index (χ2n) is 4.65. The number of carbonyl (C=O) groups is 1. The number of carbonyl (C=O) groups excluding carboxylic acids is 1. The molecule has 5 heteroatoms. The Morgan fingerprint density at radius 3 is 2.62 bits per heavy atom. The molecule has 21 heavy (non-hydrogen) atoms. The Bertz CT molecular complexity index is 868. The van der Waals surface area contributed by atoms with Gasteiger partial charge in [-0.2, -0.15) is 0 Å². The highest BCUT2D eigenvalue weighted by Gasteiger charge is 2.20. The largest absolute Gasteiger partial charge is 0.452 e. The van der Waals surface area contributed by atoms with Gasteiger partial charge in [-0.25, -0.2) is 8.78 Å². The van der Waals surface area contributed by atoms with Crippen LogP contribution in [-0.4, -0.2) is 5.78 Å². The molecule has 1 heterocycles. The van der Waals surface area contributed by atoms with Gasteiger partial charge in [-0.15, -0.1) is 0 Å². The Labute approximate surface area is 127 Å². The summed E-state index contributed by atoms with van der Waals surface area (Å²) in [5.41, 5.74) is 1.25. The molecule has 106 valence electrons. The number of hydrogen-bond donors (Lipinski definition) is 0. The number of fused-ring (bicyclic) bond motifs is 1. The van der Waals surface area contributed by atoms with Crippen molar-refractivity contribution in [2.45, 2.75) is 6.92 Å². The van der Waals surface area contributed by atoms with Crippen molar-refractivity contribution in [3.63, 3.8) is 0 Å². The molecule has 2 nitrogen and oxygen atoms in total. The van der Waals surface area contributed by atoms with Crippen LogP contribution in [-0.2, 0) is 0 Å². The van der Waals surface area contributed by atoms with Crippen LogP contribution in [0.5, 0.6) is 0 Å². The minimum atomic E-state index is -0.449. The molecule has 0 saturated carbocycles. The summed E-state index contributed by atoms with van der Waals surface area (Å²) in [7, 11) is 0. The first-order valence-corrected chi connectivity index (χ1v) is 6.95. The predicted molar refractivity (Wildman–Crippen MR) is 78.4 cm³/mol. The molecule has 0 radical (unpaired) electrons. The summed E-state index contributed by atoms with van der Waals surface area (Å²) in [4.78, 5) is 12.5. The number of aryl methyl sites for hydroxylation is 1. The fraction of sp³-hybridized carbons (Fsp3) is 0.0625. The number of ketones is 1. The van der Waals surface area contributed by atoms with Gasteiger partial charge >= 0.3 is 0 Å². The van der Waals surface area contributed by atoms with Crippen molar-refractivity contribution in [2.75, 3.05) is 0 Å². The predicted octanol–water partition coefficient (Wildman–Crippen LogP) is 5.01. The fourth-order valence-electron chi connectivity index (χ4n) is 2.18. The van der Waals surface area contributed by atoms with Crippen LogP contribution in [0.2, 0.25) is 0 Å². The Morgan fingerprint density at radius 1 is 1.14 bits per heavy atom. The van der Waals surface area contributed by atoms with Crippen LogP contribution in [0.1, 0.15) is 21.7 Å². The average Bonchev–Trinajstić information content (AvgIpc) is 2.77. The average molecular weight is 351 g/mol. The van der Waals surface area contributed by atoms with Gasteiger partial charge in [-0.05, 0) is 53.2 Å². The lowest BCUT2D eigenvalue weighted by molar-refractivity contribution is 0.101. The first-order chi connectivity index (χ1) is 9.97. The molecular weight excluding hydrogens is 342 g/mol. The van der Waals surface area contributed by atoms with E-state index in [1.807, 2.05) is 0 Å². The van der Waals surface area contributed by atoms with Crippen LogP contribution < -0.4 is 0 Å². The summed E-state index contributed by atoms with van der Waals surface area (Å²) in [6, 6.07) is 8.10. The standard InChI is InChI=1S/C16H9BrF2O2/c1-8-11-4-3-10(18)7-14(11)21-16(8)15(20)9-2-5-13(19)12(17)6-9/h2-7H,1H3. The molecule has 3 aromatic rings. The second kappa shape index (κ2) is 5.07. The molecule has 0 aliphatic rings. The molecule has 0 N–H and O–H groups in total. The molecule has 1 aromatic heterocycles. The van der Waals surface area contributed by atoms with Crippen molar-refractivity contribution in [3.8, 4) is 0 Å². The van der Waals surface area contributed by atoms with Gasteiger partial charge in [-0.1, -0.05) is 0 Å². The molecule has 0 fully saturated rings. The number of hydrogen-bond acceptors (Lipinski definition) is 2. The zero-order valence-corrected chi connectivity index (χ0v) is 12.5. The zero-order valence-electron chi connectivity index (χ0n) is 10.9. The Balaban J connectivity index is 2.13. The number of benzene rings is 2. The van der Waals surface area contributed by atoms with Crippen molar-refractivity contribution < 1.29 is 18.0 Å². The van der Waals surface area contributed by atoms with Crippen LogP contribution in [0.15, 0.2) is 45.3 Å². The van der Waals surface area contributed by atoms with E-state index in [1.165, 1.54) is 30.3 Å². The number of halogens is 3. The number of rotatable bonds is 2. The van der Waals surface area contributed by atoms with E-state index in [0.717, 1.165) is 0 Å². The van der Waals surface area contributed by atoms with Gasteiger partial charge in [0, 0.05) is 22.6 Å². The molecular formula is C16H9BrF2O2. The van der Waals surface area contributed by atoms with E-state index in [1.54, 1.807) is 13.0 Å². The lowest BCUT2D eigenvalue weighted by Crippen LogP contribution is -2.02. The van der Waals surface area contributed by atoms with Gasteiger partial charge in [0.2, 0.25) is 5.78 Å². The maximum Gasteiger partial charge on any atom is 0.228 e. The summed E-state index contributed by atoms with van der Waals surface area (Å²) in [6.45, 7) is 1.73. The van der Waals surface area contributed by atoms with Gasteiger partial charge in [0.15, 0.2) is 5.76 Å². The Kier molecular flexibility index (Phi) is 3.37. The highest BCUT2D eigenvalue weighted by atomic mass is 79.9. The second-order valence-corrected chi connectivity index (χ2v) is 5.51. The van der Waals surface area contributed by atoms with E-state index in [2.05, 4.69) is 15.9 Å². The summed E-state index contributed by atoms with van der Waals surface area (Å²) in [5, 5.41) is 0.681. The lowest BCUT2D eigenvalue weighted by Gasteiger charge is -2.01. The Morgan fingerprint density at radius 2 is 1.90 bits per heavy atom. The van der Waals surface area contributed by atoms with E-state index < -0.39 is 11.6 Å². The van der Waals surface area contributed by atoms with Crippen molar-refractivity contribution >= 4 is 32.7 Å². The van der Waals surface area contributed by atoms with E-state index in [9.17, 15) is 13.6 Å². The first-order valence-electron chi connectivity index (χ1n) is 6.16. The van der Waals surface area contributed by atoms with Crippen molar-refractivity contribution in [2.24, 2.45) is 0 Å². The van der Waals surface area contributed by atoms with Crippen LogP contribution in [0.4, 0.5) is 8.78 Å². The fourth-order valence-corrected chi connectivity index (χ4v) is 2.56. The third kappa shape index (κ3) is 2.38. The highest BCUT2D eigenvalue weighted by Crippen LogP contribution is 2.28. The monoisotopic (exact) mass is 350 g/mol. The minimum Gasteiger partial charge on any atom is -0.452 e. The third-order valence-corrected chi connectivity index (χ3v) is 3.90. The molecule has 0 bridgehead atoms. The topological polar surface area (TPSA) is 30.2 Å². The van der Waals surface area contributed by atoms with Crippen LogP contribution >= 0.6 is 15.9 Å². The number of furan rings is 1. The normalized spacial score (nSPS) is 11.0. The summed E-state index contributed by atoms with van der Waals surface area (Å²) >= 11 is 3.04. The molecule has 0 saturated heterocycles. The Hall–Kier alpha value is -2.01. The van der Waals surface area contributed by atoms with Crippen molar-refractivity contribution in [1.29, 1.82) is 0 Å². The highest BCUT2D eigenvalue weighted by molar-refractivity contribution is 9.10. The molecule has 0 aliphatic heterocycles. The van der Waals surface area contributed by atoms with Crippen LogP contribution in [0.25, 0.3) is 11.0 Å². The molecule has 0 aliphatic carbocycles. The third-order valence-electron chi connectivity index (χ3n) is 3.29. The molecule has 0 amide bonds. The zero-order chi connectivity index (χ0) is 15.1. The van der Waals surface area contributed by atoms with Gasteiger partial charge < -0.3 is 4.42 Å². The van der Waals surface area contributed by atoms with E-state index in [0.29, 0.717) is 22.1 Å². The first kappa shape index (κ1) is 13.9. The van der Waals surface area contributed by atoms with Crippen molar-refractivity contribution in [3.05, 3.63) is 69.4 Å². The summed E-state index contributed by atoms with van der Waals surface area (Å²) in [5.74, 6) is -1.12. The molecule has 3 rings (SSSR count). The van der Waals surface area contributed by atoms with E-state index in [-0.39, 0.29) is 16.0 Å². The summed E-state index contributed by atoms with van der Waals surface area (Å²) in [6.07, 6.45) is 0.